The average Bonchev–Trinajstić information content (AvgIpc) is 2.74. The molecule has 0 fully saturated rings. The number of aryl methyl sites for hydroxylation is 2. The van der Waals surface area contributed by atoms with E-state index in [4.69, 9.17) is 5.11 Å². The van der Waals surface area contributed by atoms with Gasteiger partial charge in [0, 0.05) is 18.0 Å². The molecule has 0 aliphatic carbocycles. The number of carbonyl (C=O) groups excluding carboxylic acids is 1. The van der Waals surface area contributed by atoms with Crippen molar-refractivity contribution in [1.29, 1.82) is 0 Å². The highest BCUT2D eigenvalue weighted by molar-refractivity contribution is 6.08. The van der Waals surface area contributed by atoms with Crippen LogP contribution in [0.3, 0.4) is 0 Å². The predicted molar refractivity (Wildman–Crippen MR) is 71.5 cm³/mol. The smallest absolute Gasteiger partial charge is 0.339 e. The number of carboxylic acids is 1. The SMILES string of the molecule is Cc1cc(C(=O)Nc2c[nH]c(C)c2C(=O)O)c(F)cc1F. The highest BCUT2D eigenvalue weighted by Gasteiger charge is 2.20. The van der Waals surface area contributed by atoms with Gasteiger partial charge in [0.25, 0.3) is 5.91 Å². The van der Waals surface area contributed by atoms with Crippen LogP contribution in [-0.2, 0) is 0 Å². The maximum absolute atomic E-state index is 13.6. The van der Waals surface area contributed by atoms with Crippen molar-refractivity contribution in [1.82, 2.24) is 4.98 Å². The summed E-state index contributed by atoms with van der Waals surface area (Å²) >= 11 is 0. The van der Waals surface area contributed by atoms with E-state index in [2.05, 4.69) is 10.3 Å². The first-order valence-corrected chi connectivity index (χ1v) is 5.99. The van der Waals surface area contributed by atoms with Gasteiger partial charge < -0.3 is 15.4 Å². The lowest BCUT2D eigenvalue weighted by Crippen LogP contribution is -2.16. The second-order valence-electron chi connectivity index (χ2n) is 4.54. The molecular formula is C14H12F2N2O3. The Bertz CT molecular complexity index is 738. The van der Waals surface area contributed by atoms with E-state index in [1.54, 1.807) is 0 Å². The zero-order valence-electron chi connectivity index (χ0n) is 11.3. The van der Waals surface area contributed by atoms with E-state index in [9.17, 15) is 18.4 Å². The van der Waals surface area contributed by atoms with E-state index in [0.717, 1.165) is 6.07 Å². The first-order valence-electron chi connectivity index (χ1n) is 5.99. The lowest BCUT2D eigenvalue weighted by Gasteiger charge is -2.07. The van der Waals surface area contributed by atoms with Gasteiger partial charge in [0.15, 0.2) is 0 Å². The summed E-state index contributed by atoms with van der Waals surface area (Å²) in [6, 6.07) is 1.69. The molecule has 1 heterocycles. The zero-order chi connectivity index (χ0) is 15.7. The van der Waals surface area contributed by atoms with Gasteiger partial charge in [0.2, 0.25) is 0 Å². The van der Waals surface area contributed by atoms with Crippen molar-refractivity contribution in [3.63, 3.8) is 0 Å². The predicted octanol–water partition coefficient (Wildman–Crippen LogP) is 2.86. The Kier molecular flexibility index (Phi) is 3.75. The van der Waals surface area contributed by atoms with E-state index in [-0.39, 0.29) is 22.4 Å². The molecule has 0 aliphatic rings. The van der Waals surface area contributed by atoms with Gasteiger partial charge in [-0.15, -0.1) is 0 Å². The average molecular weight is 294 g/mol. The van der Waals surface area contributed by atoms with Gasteiger partial charge in [0.1, 0.15) is 17.2 Å². The van der Waals surface area contributed by atoms with E-state index in [1.165, 1.54) is 20.0 Å². The Balaban J connectivity index is 2.35. The molecule has 1 aromatic carbocycles. The van der Waals surface area contributed by atoms with Crippen LogP contribution in [0.2, 0.25) is 0 Å². The maximum Gasteiger partial charge on any atom is 0.339 e. The van der Waals surface area contributed by atoms with Crippen LogP contribution >= 0.6 is 0 Å². The number of hydrogen-bond acceptors (Lipinski definition) is 2. The molecule has 1 aromatic heterocycles. The standard InChI is InChI=1S/C14H12F2N2O3/c1-6-3-8(10(16)4-9(6)15)13(19)18-11-5-17-7(2)12(11)14(20)21/h3-5,17H,1-2H3,(H,18,19)(H,20,21). The van der Waals surface area contributed by atoms with Crippen molar-refractivity contribution >= 4 is 17.6 Å². The minimum atomic E-state index is -1.22. The molecule has 2 rings (SSSR count). The number of rotatable bonds is 3. The molecule has 0 saturated heterocycles. The molecule has 0 aliphatic heterocycles. The summed E-state index contributed by atoms with van der Waals surface area (Å²) in [6.07, 6.45) is 1.30. The van der Waals surface area contributed by atoms with Gasteiger partial charge in [-0.2, -0.15) is 0 Å². The Morgan fingerprint density at radius 2 is 1.86 bits per heavy atom. The molecule has 5 nitrogen and oxygen atoms in total. The van der Waals surface area contributed by atoms with Gasteiger partial charge in [-0.1, -0.05) is 0 Å². The summed E-state index contributed by atoms with van der Waals surface area (Å²) < 4.78 is 26.8. The number of aromatic nitrogens is 1. The van der Waals surface area contributed by atoms with Crippen LogP contribution in [0.15, 0.2) is 18.3 Å². The number of benzene rings is 1. The minimum absolute atomic E-state index is 0.0198. The largest absolute Gasteiger partial charge is 0.478 e. The molecular weight excluding hydrogens is 282 g/mol. The van der Waals surface area contributed by atoms with Gasteiger partial charge in [0.05, 0.1) is 11.3 Å². The molecule has 110 valence electrons. The summed E-state index contributed by atoms with van der Waals surface area (Å²) in [5.41, 5.74) is 0.0249. The molecule has 0 unspecified atom stereocenters. The van der Waals surface area contributed by atoms with Gasteiger partial charge >= 0.3 is 5.97 Å². The topological polar surface area (TPSA) is 82.2 Å². The Morgan fingerprint density at radius 1 is 1.19 bits per heavy atom. The lowest BCUT2D eigenvalue weighted by molar-refractivity contribution is 0.0697. The molecule has 0 saturated carbocycles. The van der Waals surface area contributed by atoms with Gasteiger partial charge in [-0.25, -0.2) is 13.6 Å². The molecule has 1 amide bonds. The van der Waals surface area contributed by atoms with Crippen molar-refractivity contribution in [2.45, 2.75) is 13.8 Å². The van der Waals surface area contributed by atoms with Crippen LogP contribution in [0.25, 0.3) is 0 Å². The highest BCUT2D eigenvalue weighted by Crippen LogP contribution is 2.21. The normalized spacial score (nSPS) is 10.5. The maximum atomic E-state index is 13.6. The molecule has 0 radical (unpaired) electrons. The number of nitrogens with one attached hydrogen (secondary N) is 2. The fourth-order valence-corrected chi connectivity index (χ4v) is 1.92. The Hall–Kier alpha value is -2.70. The van der Waals surface area contributed by atoms with E-state index in [0.29, 0.717) is 11.8 Å². The summed E-state index contributed by atoms with van der Waals surface area (Å²) in [5, 5.41) is 11.4. The lowest BCUT2D eigenvalue weighted by atomic mass is 10.1. The minimum Gasteiger partial charge on any atom is -0.478 e. The molecule has 0 bridgehead atoms. The monoisotopic (exact) mass is 294 g/mol. The van der Waals surface area contributed by atoms with Crippen molar-refractivity contribution in [2.75, 3.05) is 5.32 Å². The quantitative estimate of drug-likeness (QED) is 0.814. The van der Waals surface area contributed by atoms with Crippen LogP contribution in [0, 0.1) is 25.5 Å². The molecule has 2 aromatic rings. The molecule has 7 heteroatoms. The fraction of sp³-hybridized carbons (Fsp3) is 0.143. The van der Waals surface area contributed by atoms with Crippen LogP contribution in [0.5, 0.6) is 0 Å². The number of halogens is 2. The molecule has 3 N–H and O–H groups in total. The van der Waals surface area contributed by atoms with Crippen LogP contribution in [-0.4, -0.2) is 22.0 Å². The number of carbonyl (C=O) groups is 2. The molecule has 0 spiro atoms. The summed E-state index contributed by atoms with van der Waals surface area (Å²) in [4.78, 5) is 25.8. The third-order valence-electron chi connectivity index (χ3n) is 3.03. The van der Waals surface area contributed by atoms with Gasteiger partial charge in [-0.05, 0) is 25.5 Å². The zero-order valence-corrected chi connectivity index (χ0v) is 11.3. The number of aromatic carboxylic acids is 1. The van der Waals surface area contributed by atoms with Crippen molar-refractivity contribution in [3.8, 4) is 0 Å². The van der Waals surface area contributed by atoms with Gasteiger partial charge in [-0.3, -0.25) is 4.79 Å². The van der Waals surface area contributed by atoms with E-state index >= 15 is 0 Å². The fourth-order valence-electron chi connectivity index (χ4n) is 1.92. The van der Waals surface area contributed by atoms with Crippen molar-refractivity contribution in [3.05, 3.63) is 52.3 Å². The number of amides is 1. The molecule has 21 heavy (non-hydrogen) atoms. The third kappa shape index (κ3) is 2.76. The second-order valence-corrected chi connectivity index (χ2v) is 4.54. The first kappa shape index (κ1) is 14.7. The highest BCUT2D eigenvalue weighted by atomic mass is 19.1. The number of aromatic amines is 1. The number of anilines is 1. The van der Waals surface area contributed by atoms with E-state index < -0.39 is 23.5 Å². The van der Waals surface area contributed by atoms with E-state index in [1.807, 2.05) is 0 Å². The number of hydrogen-bond donors (Lipinski definition) is 3. The summed E-state index contributed by atoms with van der Waals surface area (Å²) in [5.74, 6) is -3.84. The number of carboxylic acid groups (broad SMARTS) is 1. The summed E-state index contributed by atoms with van der Waals surface area (Å²) in [6.45, 7) is 2.93. The van der Waals surface area contributed by atoms with Crippen LogP contribution in [0.1, 0.15) is 32.0 Å². The van der Waals surface area contributed by atoms with Crippen LogP contribution in [0.4, 0.5) is 14.5 Å². The first-order chi connectivity index (χ1) is 9.81. The summed E-state index contributed by atoms with van der Waals surface area (Å²) in [7, 11) is 0. The van der Waals surface area contributed by atoms with Crippen molar-refractivity contribution < 1.29 is 23.5 Å². The third-order valence-corrected chi connectivity index (χ3v) is 3.03. The molecule has 0 atom stereocenters. The van der Waals surface area contributed by atoms with Crippen LogP contribution < -0.4 is 5.32 Å². The Labute approximate surface area is 118 Å². The number of H-pyrrole nitrogens is 1. The second kappa shape index (κ2) is 5.35. The van der Waals surface area contributed by atoms with Crippen molar-refractivity contribution in [2.24, 2.45) is 0 Å². The Morgan fingerprint density at radius 3 is 2.48 bits per heavy atom.